The van der Waals surface area contributed by atoms with Crippen molar-refractivity contribution in [2.45, 2.75) is 20.8 Å². The van der Waals surface area contributed by atoms with Gasteiger partial charge in [-0.05, 0) is 50.2 Å². The van der Waals surface area contributed by atoms with Gasteiger partial charge in [-0.25, -0.2) is 0 Å². The first kappa shape index (κ1) is 17.3. The van der Waals surface area contributed by atoms with E-state index in [4.69, 9.17) is 5.73 Å². The van der Waals surface area contributed by atoms with Crippen LogP contribution in [0.1, 0.15) is 31.1 Å². The molecule has 1 aromatic carbocycles. The number of ketones is 1. The molecule has 1 rings (SSSR count). The number of anilines is 1. The summed E-state index contributed by atoms with van der Waals surface area (Å²) in [4.78, 5) is 25.1. The van der Waals surface area contributed by atoms with Gasteiger partial charge in [-0.2, -0.15) is 0 Å². The van der Waals surface area contributed by atoms with E-state index < -0.39 is 0 Å². The Kier molecular flexibility index (Phi) is 6.05. The highest BCUT2D eigenvalue weighted by molar-refractivity contribution is 5.96. The van der Waals surface area contributed by atoms with Crippen molar-refractivity contribution in [1.82, 2.24) is 4.90 Å². The van der Waals surface area contributed by atoms with Gasteiger partial charge in [0.25, 0.3) is 0 Å². The van der Waals surface area contributed by atoms with Gasteiger partial charge in [0.05, 0.1) is 6.54 Å². The zero-order valence-corrected chi connectivity index (χ0v) is 13.3. The quantitative estimate of drug-likeness (QED) is 0.750. The van der Waals surface area contributed by atoms with E-state index in [0.29, 0.717) is 24.3 Å². The fourth-order valence-corrected chi connectivity index (χ4v) is 2.09. The molecule has 0 bridgehead atoms. The molecular formula is C16H25N3O2. The monoisotopic (exact) mass is 291 g/mol. The second-order valence-electron chi connectivity index (χ2n) is 6.22. The Bertz CT molecular complexity index is 495. The molecule has 0 aliphatic heterocycles. The molecule has 5 nitrogen and oxygen atoms in total. The Hall–Kier alpha value is -1.72. The molecule has 0 aromatic heterocycles. The van der Waals surface area contributed by atoms with Crippen LogP contribution in [0.3, 0.4) is 0 Å². The van der Waals surface area contributed by atoms with Crippen LogP contribution < -0.4 is 11.1 Å². The Balaban J connectivity index is 2.51. The maximum absolute atomic E-state index is 12.0. The molecule has 5 heteroatoms. The Labute approximate surface area is 126 Å². The SMILES string of the molecule is CC(=O)c1ccc(NC(=O)CN(C)CC(C)(C)CN)cc1. The molecule has 0 spiro atoms. The fourth-order valence-electron chi connectivity index (χ4n) is 2.09. The molecule has 0 saturated heterocycles. The van der Waals surface area contributed by atoms with E-state index in [1.165, 1.54) is 6.92 Å². The molecule has 3 N–H and O–H groups in total. The molecule has 1 aromatic rings. The predicted molar refractivity (Wildman–Crippen MR) is 85.4 cm³/mol. The maximum Gasteiger partial charge on any atom is 0.238 e. The molecule has 0 unspecified atom stereocenters. The van der Waals surface area contributed by atoms with Gasteiger partial charge in [0, 0.05) is 17.8 Å². The molecule has 0 saturated carbocycles. The summed E-state index contributed by atoms with van der Waals surface area (Å²) in [6.07, 6.45) is 0. The average Bonchev–Trinajstić information content (AvgIpc) is 2.38. The normalized spacial score (nSPS) is 11.5. The number of nitrogens with one attached hydrogen (secondary N) is 1. The fraction of sp³-hybridized carbons (Fsp3) is 0.500. The van der Waals surface area contributed by atoms with Crippen LogP contribution >= 0.6 is 0 Å². The molecule has 0 fully saturated rings. The van der Waals surface area contributed by atoms with Crippen LogP contribution in [-0.2, 0) is 4.79 Å². The number of nitrogens with zero attached hydrogens (tertiary/aromatic N) is 1. The smallest absolute Gasteiger partial charge is 0.238 e. The van der Waals surface area contributed by atoms with E-state index in [1.54, 1.807) is 24.3 Å². The topological polar surface area (TPSA) is 75.4 Å². The van der Waals surface area contributed by atoms with Crippen LogP contribution in [0.4, 0.5) is 5.69 Å². The summed E-state index contributed by atoms with van der Waals surface area (Å²) >= 11 is 0. The van der Waals surface area contributed by atoms with Crippen molar-refractivity contribution in [2.24, 2.45) is 11.1 Å². The van der Waals surface area contributed by atoms with Gasteiger partial charge in [0.1, 0.15) is 0 Å². The predicted octanol–water partition coefficient (Wildman–Crippen LogP) is 1.74. The van der Waals surface area contributed by atoms with Crippen LogP contribution in [0.15, 0.2) is 24.3 Å². The summed E-state index contributed by atoms with van der Waals surface area (Å²) in [7, 11) is 1.90. The lowest BCUT2D eigenvalue weighted by Gasteiger charge is -2.28. The number of hydrogen-bond acceptors (Lipinski definition) is 4. The average molecular weight is 291 g/mol. The summed E-state index contributed by atoms with van der Waals surface area (Å²) in [6, 6.07) is 6.88. The van der Waals surface area contributed by atoms with Crippen LogP contribution in [0.25, 0.3) is 0 Å². The summed E-state index contributed by atoms with van der Waals surface area (Å²) in [5, 5.41) is 2.82. The lowest BCUT2D eigenvalue weighted by atomic mass is 9.93. The van der Waals surface area contributed by atoms with E-state index in [0.717, 1.165) is 6.54 Å². The minimum Gasteiger partial charge on any atom is -0.330 e. The first-order valence-corrected chi connectivity index (χ1v) is 7.03. The number of hydrogen-bond donors (Lipinski definition) is 2. The Morgan fingerprint density at radius 3 is 2.29 bits per heavy atom. The van der Waals surface area contributed by atoms with E-state index in [-0.39, 0.29) is 17.1 Å². The molecule has 0 heterocycles. The summed E-state index contributed by atoms with van der Waals surface area (Å²) in [5.41, 5.74) is 7.00. The van der Waals surface area contributed by atoms with Gasteiger partial charge >= 0.3 is 0 Å². The number of likely N-dealkylation sites (N-methyl/N-ethyl adjacent to an activating group) is 1. The zero-order chi connectivity index (χ0) is 16.0. The second-order valence-corrected chi connectivity index (χ2v) is 6.22. The highest BCUT2D eigenvalue weighted by atomic mass is 16.2. The standard InChI is InChI=1S/C16H25N3O2/c1-12(20)13-5-7-14(8-6-13)18-15(21)9-19(4)11-16(2,3)10-17/h5-8H,9-11,17H2,1-4H3,(H,18,21). The molecule has 0 aliphatic rings. The van der Waals surface area contributed by atoms with Crippen molar-refractivity contribution < 1.29 is 9.59 Å². The highest BCUT2D eigenvalue weighted by Gasteiger charge is 2.19. The number of nitrogens with two attached hydrogens (primary N) is 1. The summed E-state index contributed by atoms with van der Waals surface area (Å²) < 4.78 is 0. The number of rotatable bonds is 7. The largest absolute Gasteiger partial charge is 0.330 e. The van der Waals surface area contributed by atoms with Gasteiger partial charge in [0.15, 0.2) is 5.78 Å². The molecule has 0 atom stereocenters. The first-order chi connectivity index (χ1) is 9.73. The van der Waals surface area contributed by atoms with Crippen LogP contribution in [0.5, 0.6) is 0 Å². The van der Waals surface area contributed by atoms with E-state index in [9.17, 15) is 9.59 Å². The molecule has 1 amide bonds. The van der Waals surface area contributed by atoms with E-state index >= 15 is 0 Å². The summed E-state index contributed by atoms with van der Waals surface area (Å²) in [5.74, 6) is -0.0717. The molecule has 116 valence electrons. The maximum atomic E-state index is 12.0. The lowest BCUT2D eigenvalue weighted by molar-refractivity contribution is -0.117. The number of Topliss-reactive ketones (excluding diaryl/α,β-unsaturated/α-hetero) is 1. The van der Waals surface area contributed by atoms with Gasteiger partial charge in [-0.15, -0.1) is 0 Å². The van der Waals surface area contributed by atoms with Crippen molar-refractivity contribution in [3.8, 4) is 0 Å². The third-order valence-corrected chi connectivity index (χ3v) is 3.24. The Morgan fingerprint density at radius 2 is 1.81 bits per heavy atom. The second kappa shape index (κ2) is 7.33. The number of benzene rings is 1. The molecule has 0 radical (unpaired) electrons. The number of carbonyl (C=O) groups excluding carboxylic acids is 2. The van der Waals surface area contributed by atoms with Gasteiger partial charge in [0.2, 0.25) is 5.91 Å². The zero-order valence-electron chi connectivity index (χ0n) is 13.3. The van der Waals surface area contributed by atoms with Crippen LogP contribution in [0.2, 0.25) is 0 Å². The lowest BCUT2D eigenvalue weighted by Crippen LogP contribution is -2.40. The molecule has 21 heavy (non-hydrogen) atoms. The van der Waals surface area contributed by atoms with E-state index in [1.807, 2.05) is 11.9 Å². The third-order valence-electron chi connectivity index (χ3n) is 3.24. The number of carbonyl (C=O) groups is 2. The summed E-state index contributed by atoms with van der Waals surface area (Å²) in [6.45, 7) is 7.29. The van der Waals surface area contributed by atoms with Crippen LogP contribution in [0, 0.1) is 5.41 Å². The van der Waals surface area contributed by atoms with Gasteiger partial charge in [-0.3, -0.25) is 14.5 Å². The van der Waals surface area contributed by atoms with Crippen molar-refractivity contribution in [1.29, 1.82) is 0 Å². The van der Waals surface area contributed by atoms with Crippen molar-refractivity contribution in [3.63, 3.8) is 0 Å². The van der Waals surface area contributed by atoms with Gasteiger partial charge in [-0.1, -0.05) is 13.8 Å². The highest BCUT2D eigenvalue weighted by Crippen LogP contribution is 2.14. The number of amides is 1. The molecular weight excluding hydrogens is 266 g/mol. The van der Waals surface area contributed by atoms with Crippen LogP contribution in [-0.4, -0.2) is 43.3 Å². The van der Waals surface area contributed by atoms with Crippen molar-refractivity contribution in [3.05, 3.63) is 29.8 Å². The third kappa shape index (κ3) is 6.06. The van der Waals surface area contributed by atoms with Crippen molar-refractivity contribution in [2.75, 3.05) is 32.0 Å². The van der Waals surface area contributed by atoms with Crippen molar-refractivity contribution >= 4 is 17.4 Å². The molecule has 0 aliphatic carbocycles. The van der Waals surface area contributed by atoms with Gasteiger partial charge < -0.3 is 11.1 Å². The minimum absolute atomic E-state index is 0.0108. The first-order valence-electron chi connectivity index (χ1n) is 7.03. The Morgan fingerprint density at radius 1 is 1.24 bits per heavy atom. The van der Waals surface area contributed by atoms with E-state index in [2.05, 4.69) is 19.2 Å². The minimum atomic E-state index is -0.0825.